The number of pyridine rings is 1. The van der Waals surface area contributed by atoms with Gasteiger partial charge in [0, 0.05) is 25.2 Å². The molecule has 2 aromatic rings. The van der Waals surface area contributed by atoms with Crippen LogP contribution in [0.25, 0.3) is 5.65 Å². The summed E-state index contributed by atoms with van der Waals surface area (Å²) in [5.74, 6) is 0.196. The second-order valence-corrected chi connectivity index (χ2v) is 8.02. The lowest BCUT2D eigenvalue weighted by atomic mass is 9.97. The zero-order valence-electron chi connectivity index (χ0n) is 13.6. The summed E-state index contributed by atoms with van der Waals surface area (Å²) in [4.78, 5) is 12.4. The van der Waals surface area contributed by atoms with Crippen LogP contribution in [0.15, 0.2) is 24.4 Å². The van der Waals surface area contributed by atoms with Crippen molar-refractivity contribution in [3.63, 3.8) is 0 Å². The van der Waals surface area contributed by atoms with Gasteiger partial charge >= 0.3 is 0 Å². The molecule has 0 aliphatic carbocycles. The number of piperidine rings is 1. The lowest BCUT2D eigenvalue weighted by Gasteiger charge is -2.30. The maximum atomic E-state index is 12.4. The maximum Gasteiger partial charge on any atom is 0.235 e. The molecule has 1 N–H and O–H groups in total. The summed E-state index contributed by atoms with van der Waals surface area (Å²) < 4.78 is 27.3. The first-order chi connectivity index (χ1) is 11.5. The molecule has 24 heavy (non-hydrogen) atoms. The maximum absolute atomic E-state index is 12.4. The molecule has 1 saturated heterocycles. The fourth-order valence-corrected chi connectivity index (χ4v) is 4.46. The van der Waals surface area contributed by atoms with Gasteiger partial charge in [0.25, 0.3) is 0 Å². The fourth-order valence-electron chi connectivity index (χ4n) is 2.92. The van der Waals surface area contributed by atoms with Gasteiger partial charge in [0.05, 0.1) is 5.75 Å². The van der Waals surface area contributed by atoms with E-state index in [1.807, 2.05) is 19.1 Å². The van der Waals surface area contributed by atoms with Crippen LogP contribution in [0.4, 0.5) is 5.95 Å². The van der Waals surface area contributed by atoms with Crippen molar-refractivity contribution >= 4 is 27.5 Å². The highest BCUT2D eigenvalue weighted by atomic mass is 32.2. The van der Waals surface area contributed by atoms with E-state index in [0.717, 1.165) is 0 Å². The van der Waals surface area contributed by atoms with E-state index < -0.39 is 10.0 Å². The molecule has 0 spiro atoms. The van der Waals surface area contributed by atoms with Gasteiger partial charge in [-0.05, 0) is 31.4 Å². The number of nitrogens with zero attached hydrogens (tertiary/aromatic N) is 4. The quantitative estimate of drug-likeness (QED) is 0.871. The van der Waals surface area contributed by atoms with Crippen LogP contribution in [-0.2, 0) is 14.8 Å². The van der Waals surface area contributed by atoms with Gasteiger partial charge in [0.15, 0.2) is 5.65 Å². The van der Waals surface area contributed by atoms with Crippen molar-refractivity contribution in [1.82, 2.24) is 18.9 Å². The molecule has 1 aliphatic rings. The number of nitrogens with one attached hydrogen (secondary N) is 1. The standard InChI is InChI=1S/C15H21N5O3S/c1-2-11-24(22,23)19-9-6-12(7-10-19)14(21)16-15-18-17-13-5-3-4-8-20(13)15/h3-5,8,12H,2,6-7,9-11H2,1H3,(H,16,18,21). The molecule has 0 radical (unpaired) electrons. The second-order valence-electron chi connectivity index (χ2n) is 5.93. The molecule has 0 atom stereocenters. The average molecular weight is 351 g/mol. The lowest BCUT2D eigenvalue weighted by molar-refractivity contribution is -0.121. The van der Waals surface area contributed by atoms with Crippen molar-refractivity contribution in [2.45, 2.75) is 26.2 Å². The highest BCUT2D eigenvalue weighted by Gasteiger charge is 2.31. The zero-order valence-corrected chi connectivity index (χ0v) is 14.4. The Kier molecular flexibility index (Phi) is 4.81. The van der Waals surface area contributed by atoms with Gasteiger partial charge in [-0.1, -0.05) is 13.0 Å². The van der Waals surface area contributed by atoms with Crippen molar-refractivity contribution in [3.8, 4) is 0 Å². The Morgan fingerprint density at radius 2 is 2.04 bits per heavy atom. The third kappa shape index (κ3) is 3.41. The Morgan fingerprint density at radius 1 is 1.29 bits per heavy atom. The summed E-state index contributed by atoms with van der Waals surface area (Å²) in [6.45, 7) is 2.63. The minimum absolute atomic E-state index is 0.138. The monoisotopic (exact) mass is 351 g/mol. The van der Waals surface area contributed by atoms with Crippen LogP contribution in [0.1, 0.15) is 26.2 Å². The average Bonchev–Trinajstić information content (AvgIpc) is 2.98. The lowest BCUT2D eigenvalue weighted by Crippen LogP contribution is -2.42. The normalized spacial score (nSPS) is 17.2. The smallest absolute Gasteiger partial charge is 0.235 e. The van der Waals surface area contributed by atoms with Crippen LogP contribution in [0.3, 0.4) is 0 Å². The van der Waals surface area contributed by atoms with Gasteiger partial charge in [-0.3, -0.25) is 14.5 Å². The summed E-state index contributed by atoms with van der Waals surface area (Å²) in [6.07, 6.45) is 3.42. The molecule has 0 unspecified atom stereocenters. The Labute approximate surface area is 140 Å². The summed E-state index contributed by atoms with van der Waals surface area (Å²) >= 11 is 0. The molecule has 9 heteroatoms. The Hall–Kier alpha value is -2.00. The van der Waals surface area contributed by atoms with Gasteiger partial charge in [-0.2, -0.15) is 0 Å². The first-order valence-corrected chi connectivity index (χ1v) is 9.70. The molecule has 1 amide bonds. The number of hydrogen-bond donors (Lipinski definition) is 1. The summed E-state index contributed by atoms with van der Waals surface area (Å²) in [7, 11) is -3.19. The molecule has 0 bridgehead atoms. The number of aromatic nitrogens is 3. The largest absolute Gasteiger partial charge is 0.294 e. The van der Waals surface area contributed by atoms with Crippen molar-refractivity contribution < 1.29 is 13.2 Å². The third-order valence-corrected chi connectivity index (χ3v) is 6.31. The molecule has 2 aromatic heterocycles. The summed E-state index contributed by atoms with van der Waals surface area (Å²) in [6, 6.07) is 5.49. The molecular formula is C15H21N5O3S. The number of amides is 1. The number of hydrogen-bond acceptors (Lipinski definition) is 5. The topological polar surface area (TPSA) is 96.7 Å². The predicted octanol–water partition coefficient (Wildman–Crippen LogP) is 1.12. The first kappa shape index (κ1) is 16.8. The SMILES string of the molecule is CCCS(=O)(=O)N1CCC(C(=O)Nc2nnc3ccccn23)CC1. The molecule has 1 aliphatic heterocycles. The van der Waals surface area contributed by atoms with E-state index in [-0.39, 0.29) is 17.6 Å². The van der Waals surface area contributed by atoms with Crippen LogP contribution in [0.2, 0.25) is 0 Å². The van der Waals surface area contributed by atoms with E-state index in [9.17, 15) is 13.2 Å². The number of fused-ring (bicyclic) bond motifs is 1. The van der Waals surface area contributed by atoms with Crippen LogP contribution < -0.4 is 5.32 Å². The highest BCUT2D eigenvalue weighted by molar-refractivity contribution is 7.89. The first-order valence-electron chi connectivity index (χ1n) is 8.09. The molecule has 3 rings (SSSR count). The molecule has 1 fully saturated rings. The van der Waals surface area contributed by atoms with Crippen molar-refractivity contribution in [3.05, 3.63) is 24.4 Å². The van der Waals surface area contributed by atoms with E-state index in [2.05, 4.69) is 15.5 Å². The van der Waals surface area contributed by atoms with Crippen molar-refractivity contribution in [1.29, 1.82) is 0 Å². The third-order valence-electron chi connectivity index (χ3n) is 4.23. The van der Waals surface area contributed by atoms with E-state index in [0.29, 0.717) is 43.9 Å². The second kappa shape index (κ2) is 6.86. The predicted molar refractivity (Wildman–Crippen MR) is 90.0 cm³/mol. The fraction of sp³-hybridized carbons (Fsp3) is 0.533. The van der Waals surface area contributed by atoms with Crippen LogP contribution in [-0.4, -0.2) is 52.1 Å². The number of anilines is 1. The van der Waals surface area contributed by atoms with Crippen molar-refractivity contribution in [2.24, 2.45) is 5.92 Å². The highest BCUT2D eigenvalue weighted by Crippen LogP contribution is 2.21. The van der Waals surface area contributed by atoms with E-state index in [4.69, 9.17) is 0 Å². The van der Waals surface area contributed by atoms with Crippen LogP contribution >= 0.6 is 0 Å². The molecule has 130 valence electrons. The van der Waals surface area contributed by atoms with Gasteiger partial charge < -0.3 is 0 Å². The van der Waals surface area contributed by atoms with Crippen LogP contribution in [0, 0.1) is 5.92 Å². The minimum Gasteiger partial charge on any atom is -0.294 e. The molecular weight excluding hydrogens is 330 g/mol. The summed E-state index contributed by atoms with van der Waals surface area (Å²) in [5, 5.41) is 10.8. The number of rotatable bonds is 5. The van der Waals surface area contributed by atoms with Gasteiger partial charge in [-0.25, -0.2) is 12.7 Å². The number of carbonyl (C=O) groups excluding carboxylic acids is 1. The van der Waals surface area contributed by atoms with E-state index >= 15 is 0 Å². The molecule has 3 heterocycles. The molecule has 8 nitrogen and oxygen atoms in total. The van der Waals surface area contributed by atoms with Crippen molar-refractivity contribution in [2.75, 3.05) is 24.2 Å². The van der Waals surface area contributed by atoms with E-state index in [1.165, 1.54) is 4.31 Å². The Balaban J connectivity index is 1.61. The summed E-state index contributed by atoms with van der Waals surface area (Å²) in [5.41, 5.74) is 0.660. The zero-order chi connectivity index (χ0) is 17.2. The molecule has 0 aromatic carbocycles. The number of sulfonamides is 1. The Morgan fingerprint density at radius 3 is 2.75 bits per heavy atom. The van der Waals surface area contributed by atoms with Gasteiger partial charge in [0.2, 0.25) is 21.9 Å². The van der Waals surface area contributed by atoms with Crippen LogP contribution in [0.5, 0.6) is 0 Å². The minimum atomic E-state index is -3.19. The van der Waals surface area contributed by atoms with Gasteiger partial charge in [-0.15, -0.1) is 10.2 Å². The molecule has 0 saturated carbocycles. The van der Waals surface area contributed by atoms with Gasteiger partial charge in [0.1, 0.15) is 0 Å². The number of carbonyl (C=O) groups is 1. The van der Waals surface area contributed by atoms with E-state index in [1.54, 1.807) is 16.7 Å². The Bertz CT molecular complexity index is 825.